The summed E-state index contributed by atoms with van der Waals surface area (Å²) < 4.78 is 1.79. The van der Waals surface area contributed by atoms with Gasteiger partial charge in [0.05, 0.1) is 11.3 Å². The lowest BCUT2D eigenvalue weighted by molar-refractivity contribution is -0.120. The Morgan fingerprint density at radius 2 is 1.80 bits per heavy atom. The summed E-state index contributed by atoms with van der Waals surface area (Å²) in [6, 6.07) is 13.0. The zero-order valence-electron chi connectivity index (χ0n) is 20.1. The first-order valence-electron chi connectivity index (χ1n) is 11.3. The van der Waals surface area contributed by atoms with Crippen LogP contribution in [0, 0.1) is 5.41 Å². The van der Waals surface area contributed by atoms with Gasteiger partial charge in [-0.3, -0.25) is 14.6 Å². The fraction of sp³-hybridized carbons (Fsp3) is 0.231. The number of nitrogens with one attached hydrogen (secondary N) is 2. The van der Waals surface area contributed by atoms with Gasteiger partial charge in [0.2, 0.25) is 13.3 Å². The Kier molecular flexibility index (Phi) is 7.16. The molecule has 1 radical (unpaired) electrons. The van der Waals surface area contributed by atoms with E-state index in [1.807, 2.05) is 70.7 Å². The van der Waals surface area contributed by atoms with E-state index in [9.17, 15) is 9.59 Å². The van der Waals surface area contributed by atoms with Crippen molar-refractivity contribution in [3.8, 4) is 22.4 Å². The average Bonchev–Trinajstić information content (AvgIpc) is 3.52. The van der Waals surface area contributed by atoms with E-state index in [0.29, 0.717) is 10.7 Å². The van der Waals surface area contributed by atoms with Gasteiger partial charge in [0.15, 0.2) is 5.13 Å². The Labute approximate surface area is 209 Å². The standard InChI is InChI=1S/C26H27BN5O2S/c1-26(2,3)22(30-23(33)20-10-13-32(15-20)27-4)24(34)31-25-29-21(16-35-25)19-7-5-6-18(14-19)17-8-11-28-12-9-17/h5-16,22H,1-4H3,(H,30,33)(H,29,31,34). The quantitative estimate of drug-likeness (QED) is 0.363. The zero-order valence-corrected chi connectivity index (χ0v) is 21.0. The Hall–Kier alpha value is -3.72. The second kappa shape index (κ2) is 10.3. The van der Waals surface area contributed by atoms with Gasteiger partial charge >= 0.3 is 0 Å². The lowest BCUT2D eigenvalue weighted by atomic mass is 9.86. The topological polar surface area (TPSA) is 88.9 Å². The summed E-state index contributed by atoms with van der Waals surface area (Å²) in [7, 11) is 1.84. The first-order chi connectivity index (χ1) is 16.7. The van der Waals surface area contributed by atoms with Crippen molar-refractivity contribution in [2.45, 2.75) is 33.6 Å². The van der Waals surface area contributed by atoms with E-state index >= 15 is 0 Å². The second-order valence-corrected chi connectivity index (χ2v) is 10.1. The highest BCUT2D eigenvalue weighted by atomic mass is 32.1. The molecule has 2 amide bonds. The molecule has 0 aliphatic heterocycles. The lowest BCUT2D eigenvalue weighted by Crippen LogP contribution is -2.51. The fourth-order valence-electron chi connectivity index (χ4n) is 3.64. The molecule has 1 aromatic carbocycles. The minimum Gasteiger partial charge on any atom is -0.402 e. The van der Waals surface area contributed by atoms with Crippen LogP contribution in [0.15, 0.2) is 72.6 Å². The highest BCUT2D eigenvalue weighted by Crippen LogP contribution is 2.29. The summed E-state index contributed by atoms with van der Waals surface area (Å²) in [6.07, 6.45) is 7.05. The van der Waals surface area contributed by atoms with Crippen LogP contribution in [-0.2, 0) is 4.79 Å². The maximum Gasteiger partial charge on any atom is 0.253 e. The lowest BCUT2D eigenvalue weighted by Gasteiger charge is -2.29. The largest absolute Gasteiger partial charge is 0.402 e. The number of hydrogen-bond donors (Lipinski definition) is 2. The molecule has 0 aliphatic carbocycles. The minimum absolute atomic E-state index is 0.298. The third-order valence-corrected chi connectivity index (χ3v) is 6.34. The molecule has 3 aromatic heterocycles. The number of hydrogen-bond acceptors (Lipinski definition) is 5. The number of nitrogens with zero attached hydrogens (tertiary/aromatic N) is 3. The van der Waals surface area contributed by atoms with Gasteiger partial charge < -0.3 is 15.1 Å². The van der Waals surface area contributed by atoms with Crippen molar-refractivity contribution >= 4 is 35.7 Å². The fourth-order valence-corrected chi connectivity index (χ4v) is 4.36. The van der Waals surface area contributed by atoms with Crippen molar-refractivity contribution in [3.63, 3.8) is 0 Å². The van der Waals surface area contributed by atoms with E-state index in [4.69, 9.17) is 0 Å². The molecular weight excluding hydrogens is 457 g/mol. The van der Waals surface area contributed by atoms with E-state index in [1.54, 1.807) is 35.3 Å². The zero-order chi connectivity index (χ0) is 25.0. The second-order valence-electron chi connectivity index (χ2n) is 9.22. The van der Waals surface area contributed by atoms with Crippen LogP contribution in [0.5, 0.6) is 0 Å². The van der Waals surface area contributed by atoms with Gasteiger partial charge in [0.25, 0.3) is 5.91 Å². The molecule has 2 N–H and O–H groups in total. The van der Waals surface area contributed by atoms with Gasteiger partial charge in [-0.05, 0) is 47.0 Å². The molecule has 1 atom stereocenters. The van der Waals surface area contributed by atoms with Crippen molar-refractivity contribution in [1.82, 2.24) is 19.8 Å². The van der Waals surface area contributed by atoms with Crippen LogP contribution in [-0.4, -0.2) is 39.7 Å². The number of carbonyl (C=O) groups is 2. The molecule has 9 heteroatoms. The highest BCUT2D eigenvalue weighted by molar-refractivity contribution is 7.14. The van der Waals surface area contributed by atoms with Crippen LogP contribution in [0.4, 0.5) is 5.13 Å². The molecule has 0 saturated heterocycles. The number of pyridine rings is 1. The Morgan fingerprint density at radius 3 is 2.49 bits per heavy atom. The van der Waals surface area contributed by atoms with E-state index < -0.39 is 11.5 Å². The van der Waals surface area contributed by atoms with E-state index in [1.165, 1.54) is 11.3 Å². The molecule has 0 saturated carbocycles. The molecule has 7 nitrogen and oxygen atoms in total. The highest BCUT2D eigenvalue weighted by Gasteiger charge is 2.33. The van der Waals surface area contributed by atoms with Crippen LogP contribution < -0.4 is 10.6 Å². The predicted molar refractivity (Wildman–Crippen MR) is 142 cm³/mol. The Morgan fingerprint density at radius 1 is 1.06 bits per heavy atom. The van der Waals surface area contributed by atoms with Crippen molar-refractivity contribution in [2.75, 3.05) is 5.32 Å². The van der Waals surface area contributed by atoms with Crippen LogP contribution in [0.3, 0.4) is 0 Å². The normalized spacial score (nSPS) is 12.1. The summed E-state index contributed by atoms with van der Waals surface area (Å²) in [5.74, 6) is -0.604. The predicted octanol–water partition coefficient (Wildman–Crippen LogP) is 4.97. The first kappa shape index (κ1) is 24.4. The summed E-state index contributed by atoms with van der Waals surface area (Å²) >= 11 is 1.35. The number of anilines is 1. The molecule has 35 heavy (non-hydrogen) atoms. The molecule has 0 aliphatic rings. The van der Waals surface area contributed by atoms with Gasteiger partial charge in [-0.2, -0.15) is 0 Å². The summed E-state index contributed by atoms with van der Waals surface area (Å²) in [5.41, 5.74) is 3.85. The smallest absolute Gasteiger partial charge is 0.253 e. The molecule has 0 spiro atoms. The summed E-state index contributed by atoms with van der Waals surface area (Å²) in [4.78, 5) is 34.7. The van der Waals surface area contributed by atoms with Gasteiger partial charge in [-0.1, -0.05) is 45.8 Å². The van der Waals surface area contributed by atoms with Crippen LogP contribution in [0.25, 0.3) is 22.4 Å². The Balaban J connectivity index is 1.49. The van der Waals surface area contributed by atoms with E-state index in [-0.39, 0.29) is 11.8 Å². The van der Waals surface area contributed by atoms with Crippen LogP contribution in [0.2, 0.25) is 6.82 Å². The molecule has 3 heterocycles. The number of rotatable bonds is 7. The SMILES string of the molecule is C[B]n1ccc(C(=O)NC(C(=O)Nc2nc(-c3cccc(-c4ccncc4)c3)cs2)C(C)(C)C)c1. The molecule has 1 unspecified atom stereocenters. The Bertz CT molecular complexity index is 1330. The number of amides is 2. The molecule has 4 rings (SSSR count). The maximum atomic E-state index is 13.2. The number of thiazole rings is 1. The van der Waals surface area contributed by atoms with Gasteiger partial charge in [-0.25, -0.2) is 4.98 Å². The third kappa shape index (κ3) is 5.86. The average molecular weight is 484 g/mol. The molecule has 4 aromatic rings. The van der Waals surface area contributed by atoms with Gasteiger partial charge in [-0.15, -0.1) is 11.3 Å². The molecule has 177 valence electrons. The first-order valence-corrected chi connectivity index (χ1v) is 12.2. The third-order valence-electron chi connectivity index (χ3n) is 5.58. The molecule has 0 fully saturated rings. The van der Waals surface area contributed by atoms with Gasteiger partial charge in [0, 0.05) is 29.5 Å². The van der Waals surface area contributed by atoms with E-state index in [2.05, 4.69) is 26.7 Å². The molecular formula is C26H27BN5O2S. The van der Waals surface area contributed by atoms with Crippen LogP contribution >= 0.6 is 11.3 Å². The summed E-state index contributed by atoms with van der Waals surface area (Å²) in [6.45, 7) is 7.63. The van der Waals surface area contributed by atoms with Gasteiger partial charge in [0.1, 0.15) is 6.04 Å². The number of benzene rings is 1. The van der Waals surface area contributed by atoms with Crippen molar-refractivity contribution in [3.05, 3.63) is 78.2 Å². The maximum absolute atomic E-state index is 13.2. The van der Waals surface area contributed by atoms with E-state index in [0.717, 1.165) is 22.4 Å². The van der Waals surface area contributed by atoms with Crippen LogP contribution in [0.1, 0.15) is 31.1 Å². The minimum atomic E-state index is -0.744. The monoisotopic (exact) mass is 484 g/mol. The number of aromatic nitrogens is 3. The molecule has 0 bridgehead atoms. The van der Waals surface area contributed by atoms with Crippen molar-refractivity contribution in [2.24, 2.45) is 5.41 Å². The van der Waals surface area contributed by atoms with Crippen molar-refractivity contribution < 1.29 is 9.59 Å². The van der Waals surface area contributed by atoms with Crippen molar-refractivity contribution in [1.29, 1.82) is 0 Å². The number of carbonyl (C=O) groups excluding carboxylic acids is 2. The summed E-state index contributed by atoms with van der Waals surface area (Å²) in [5, 5.41) is 8.17.